The maximum absolute atomic E-state index is 11.8. The van der Waals surface area contributed by atoms with Gasteiger partial charge < -0.3 is 20.2 Å². The molecule has 0 saturated carbocycles. The van der Waals surface area contributed by atoms with Crippen LogP contribution in [0.15, 0.2) is 82.9 Å². The lowest BCUT2D eigenvalue weighted by atomic mass is 9.92. The Morgan fingerprint density at radius 3 is 1.43 bits per heavy atom. The Morgan fingerprint density at radius 2 is 1.06 bits per heavy atom. The predicted molar refractivity (Wildman–Crippen MR) is 209 cm³/mol. The number of aromatic nitrogens is 4. The van der Waals surface area contributed by atoms with Crippen LogP contribution < -0.4 is 11.1 Å². The number of hydrogen-bond donors (Lipinski definition) is 4. The topological polar surface area (TPSA) is 173 Å². The average Bonchev–Trinajstić information content (AvgIpc) is 3.53. The number of aryl methyl sites for hydroxylation is 4. The lowest BCUT2D eigenvalue weighted by molar-refractivity contribution is -0.159. The minimum atomic E-state index is -1.82. The van der Waals surface area contributed by atoms with Crippen LogP contribution in [0.25, 0.3) is 0 Å². The number of nitrogens with one attached hydrogen (secondary N) is 2. The molecule has 0 aliphatic carbocycles. The van der Waals surface area contributed by atoms with Gasteiger partial charge in [-0.3, -0.25) is 29.4 Å². The van der Waals surface area contributed by atoms with Gasteiger partial charge in [0.15, 0.2) is 0 Å². The molecule has 0 bridgehead atoms. The molecule has 0 amide bonds. The van der Waals surface area contributed by atoms with Crippen LogP contribution in [-0.2, 0) is 35.5 Å². The summed E-state index contributed by atoms with van der Waals surface area (Å²) in [6.45, 7) is 10.0. The molecule has 2 saturated heterocycles. The van der Waals surface area contributed by atoms with Crippen molar-refractivity contribution in [1.82, 2.24) is 29.7 Å². The number of benzene rings is 2. The van der Waals surface area contributed by atoms with E-state index in [1.165, 1.54) is 86.5 Å². The van der Waals surface area contributed by atoms with Crippen molar-refractivity contribution in [3.8, 4) is 0 Å². The van der Waals surface area contributed by atoms with Gasteiger partial charge in [0.05, 0.1) is 0 Å². The number of carboxylic acid groups (broad SMARTS) is 2. The summed E-state index contributed by atoms with van der Waals surface area (Å²) in [6, 6.07) is 17.4. The molecule has 4 N–H and O–H groups in total. The Bertz CT molecular complexity index is 1740. The van der Waals surface area contributed by atoms with Crippen LogP contribution in [0.3, 0.4) is 0 Å². The first-order chi connectivity index (χ1) is 26.1. The molecule has 12 heteroatoms. The van der Waals surface area contributed by atoms with E-state index in [-0.39, 0.29) is 11.1 Å². The molecule has 2 aliphatic heterocycles. The highest BCUT2D eigenvalue weighted by molar-refractivity contribution is 6.27. The number of hydrogen-bond acceptors (Lipinski definition) is 8. The number of carboxylic acids is 2. The van der Waals surface area contributed by atoms with Gasteiger partial charge in [0.25, 0.3) is 11.1 Å². The Hall–Kier alpha value is -4.94. The zero-order valence-corrected chi connectivity index (χ0v) is 31.7. The molecule has 12 nitrogen and oxygen atoms in total. The smallest absolute Gasteiger partial charge is 0.414 e. The van der Waals surface area contributed by atoms with Gasteiger partial charge in [-0.05, 0) is 138 Å². The lowest BCUT2D eigenvalue weighted by Gasteiger charge is -2.19. The van der Waals surface area contributed by atoms with E-state index < -0.39 is 11.9 Å². The summed E-state index contributed by atoms with van der Waals surface area (Å²) >= 11 is 0. The standard InChI is InChI=1S/2C20H27N3O.C2H2O4/c2*1-16-5-2-3-7-18(16)9-8-17-6-4-13-23(14-10-17)15-19-20(24)22-12-11-21-19;3-1(4)2(5)6/h2*2-3,5,7,11-12,17H,4,6,8-10,13-15H2,1H3,(H,22,24);(H,3,4)(H,5,6). The van der Waals surface area contributed by atoms with Crippen molar-refractivity contribution in [3.63, 3.8) is 0 Å². The minimum absolute atomic E-state index is 0.0575. The third kappa shape index (κ3) is 14.5. The molecule has 2 unspecified atom stereocenters. The largest absolute Gasteiger partial charge is 0.473 e. The van der Waals surface area contributed by atoms with E-state index in [9.17, 15) is 9.59 Å². The molecular formula is C42H56N6O6. The van der Waals surface area contributed by atoms with Gasteiger partial charge >= 0.3 is 11.9 Å². The Morgan fingerprint density at radius 1 is 0.648 bits per heavy atom. The first-order valence-corrected chi connectivity index (χ1v) is 19.1. The van der Waals surface area contributed by atoms with E-state index >= 15 is 0 Å². The molecular weight excluding hydrogens is 684 g/mol. The number of H-pyrrole nitrogens is 2. The van der Waals surface area contributed by atoms with Crippen molar-refractivity contribution in [2.45, 2.75) is 91.1 Å². The molecule has 4 heterocycles. The zero-order valence-electron chi connectivity index (χ0n) is 31.7. The van der Waals surface area contributed by atoms with Crippen molar-refractivity contribution in [2.75, 3.05) is 26.2 Å². The molecule has 0 spiro atoms. The molecule has 2 aromatic heterocycles. The predicted octanol–water partition coefficient (Wildman–Crippen LogP) is 5.78. The molecule has 6 rings (SSSR count). The summed E-state index contributed by atoms with van der Waals surface area (Å²) < 4.78 is 0. The highest BCUT2D eigenvalue weighted by atomic mass is 16.4. The molecule has 2 fully saturated rings. The second kappa shape index (κ2) is 22.3. The van der Waals surface area contributed by atoms with Gasteiger partial charge in [0.2, 0.25) is 0 Å². The van der Waals surface area contributed by atoms with Gasteiger partial charge in [-0.15, -0.1) is 0 Å². The van der Waals surface area contributed by atoms with Crippen LogP contribution in [0.4, 0.5) is 0 Å². The maximum atomic E-state index is 11.8. The summed E-state index contributed by atoms with van der Waals surface area (Å²) in [6.07, 6.45) is 18.9. The number of rotatable bonds is 10. The van der Waals surface area contributed by atoms with E-state index in [1.54, 1.807) is 24.8 Å². The normalized spacial score (nSPS) is 17.8. The van der Waals surface area contributed by atoms with Gasteiger partial charge in [0, 0.05) is 37.9 Å². The molecule has 290 valence electrons. The monoisotopic (exact) mass is 740 g/mol. The molecule has 2 atom stereocenters. The molecule has 54 heavy (non-hydrogen) atoms. The summed E-state index contributed by atoms with van der Waals surface area (Å²) in [5.41, 5.74) is 6.93. The lowest BCUT2D eigenvalue weighted by Crippen LogP contribution is -2.28. The first-order valence-electron chi connectivity index (χ1n) is 19.1. The van der Waals surface area contributed by atoms with Crippen LogP contribution in [-0.4, -0.2) is 78.1 Å². The molecule has 2 aromatic carbocycles. The van der Waals surface area contributed by atoms with Crippen LogP contribution in [0, 0.1) is 25.7 Å². The number of aliphatic carboxylic acids is 2. The van der Waals surface area contributed by atoms with E-state index in [1.807, 2.05) is 0 Å². The van der Waals surface area contributed by atoms with Crippen LogP contribution in [0.1, 0.15) is 85.0 Å². The van der Waals surface area contributed by atoms with Gasteiger partial charge in [0.1, 0.15) is 11.4 Å². The van der Waals surface area contributed by atoms with Crippen molar-refractivity contribution in [3.05, 3.63) is 128 Å². The third-order valence-electron chi connectivity index (χ3n) is 10.5. The summed E-state index contributed by atoms with van der Waals surface area (Å²) in [7, 11) is 0. The van der Waals surface area contributed by atoms with Gasteiger partial charge in [-0.1, -0.05) is 48.5 Å². The van der Waals surface area contributed by atoms with Crippen LogP contribution in [0.5, 0.6) is 0 Å². The fourth-order valence-corrected chi connectivity index (χ4v) is 7.26. The summed E-state index contributed by atoms with van der Waals surface area (Å²) in [5.74, 6) is -2.07. The van der Waals surface area contributed by atoms with Crippen molar-refractivity contribution in [1.29, 1.82) is 0 Å². The second-order valence-corrected chi connectivity index (χ2v) is 14.4. The Kier molecular flexibility index (Phi) is 17.3. The Labute approximate surface area is 317 Å². The van der Waals surface area contributed by atoms with Crippen LogP contribution in [0.2, 0.25) is 0 Å². The number of nitrogens with zero attached hydrogens (tertiary/aromatic N) is 4. The van der Waals surface area contributed by atoms with E-state index in [2.05, 4.69) is 92.1 Å². The average molecular weight is 741 g/mol. The second-order valence-electron chi connectivity index (χ2n) is 14.4. The minimum Gasteiger partial charge on any atom is -0.473 e. The van der Waals surface area contributed by atoms with Crippen molar-refractivity contribution < 1.29 is 19.8 Å². The quantitative estimate of drug-likeness (QED) is 0.146. The molecule has 0 radical (unpaired) electrons. The van der Waals surface area contributed by atoms with Gasteiger partial charge in [-0.25, -0.2) is 9.59 Å². The van der Waals surface area contributed by atoms with E-state index in [0.717, 1.165) is 38.0 Å². The van der Waals surface area contributed by atoms with Crippen molar-refractivity contribution in [2.24, 2.45) is 11.8 Å². The number of aromatic amines is 2. The Balaban J connectivity index is 0.000000209. The molecule has 2 aliphatic rings. The third-order valence-corrected chi connectivity index (χ3v) is 10.5. The van der Waals surface area contributed by atoms with E-state index in [0.29, 0.717) is 24.5 Å². The fourth-order valence-electron chi connectivity index (χ4n) is 7.26. The number of carbonyl (C=O) groups is 2. The zero-order chi connectivity index (χ0) is 38.7. The van der Waals surface area contributed by atoms with Crippen LogP contribution >= 0.6 is 0 Å². The van der Waals surface area contributed by atoms with Gasteiger partial charge in [-0.2, -0.15) is 0 Å². The first kappa shape index (κ1) is 41.8. The fraction of sp³-hybridized carbons (Fsp3) is 0.476. The van der Waals surface area contributed by atoms with E-state index in [4.69, 9.17) is 19.8 Å². The SMILES string of the molecule is Cc1ccccc1CCC1CCCN(Cc2ncc[nH]c2=O)CC1.Cc1ccccc1CCC1CCCN(Cc2ncc[nH]c2=O)CC1.O=C(O)C(=O)O. The summed E-state index contributed by atoms with van der Waals surface area (Å²) in [4.78, 5) is 60.4. The van der Waals surface area contributed by atoms with Crippen molar-refractivity contribution >= 4 is 11.9 Å². The highest BCUT2D eigenvalue weighted by Crippen LogP contribution is 2.25. The number of likely N-dealkylation sites (tertiary alicyclic amines) is 2. The highest BCUT2D eigenvalue weighted by Gasteiger charge is 2.20. The maximum Gasteiger partial charge on any atom is 0.414 e. The summed E-state index contributed by atoms with van der Waals surface area (Å²) in [5, 5.41) is 14.8. The molecule has 4 aromatic rings.